The van der Waals surface area contributed by atoms with Gasteiger partial charge in [-0.25, -0.2) is 9.98 Å². The zero-order chi connectivity index (χ0) is 24.5. The van der Waals surface area contributed by atoms with Crippen molar-refractivity contribution in [1.82, 2.24) is 19.7 Å². The molecule has 3 aromatic rings. The molecule has 0 amide bonds. The molecule has 1 aromatic carbocycles. The summed E-state index contributed by atoms with van der Waals surface area (Å²) in [6.07, 6.45) is 12.3. The van der Waals surface area contributed by atoms with Gasteiger partial charge in [-0.3, -0.25) is 9.67 Å². The van der Waals surface area contributed by atoms with Gasteiger partial charge in [-0.2, -0.15) is 5.10 Å². The third-order valence-electron chi connectivity index (χ3n) is 6.74. The summed E-state index contributed by atoms with van der Waals surface area (Å²) in [5.41, 5.74) is 5.14. The number of ether oxygens (including phenoxy) is 1. The quantitative estimate of drug-likeness (QED) is 0.560. The van der Waals surface area contributed by atoms with E-state index < -0.39 is 0 Å². The highest BCUT2D eigenvalue weighted by atomic mass is 32.1. The molecule has 1 N–H and O–H groups in total. The van der Waals surface area contributed by atoms with Crippen LogP contribution in [0.15, 0.2) is 76.1 Å². The Balaban J connectivity index is 1.24. The first-order valence-corrected chi connectivity index (χ1v) is 13.2. The monoisotopic (exact) mass is 499 g/mol. The lowest BCUT2D eigenvalue weighted by Gasteiger charge is -2.32. The number of hydrogen-bond acceptors (Lipinski definition) is 8. The molecule has 1 unspecified atom stereocenters. The average molecular weight is 500 g/mol. The molecule has 184 valence electrons. The van der Waals surface area contributed by atoms with Crippen molar-refractivity contribution in [3.05, 3.63) is 71.2 Å². The Morgan fingerprint density at radius 2 is 2.03 bits per heavy atom. The molecule has 2 aliphatic heterocycles. The lowest BCUT2D eigenvalue weighted by Crippen LogP contribution is -2.35. The van der Waals surface area contributed by atoms with E-state index in [0.29, 0.717) is 12.5 Å². The second kappa shape index (κ2) is 9.83. The van der Waals surface area contributed by atoms with Crippen molar-refractivity contribution >= 4 is 34.3 Å². The second-order valence-corrected chi connectivity index (χ2v) is 10.4. The summed E-state index contributed by atoms with van der Waals surface area (Å²) in [7, 11) is 4.09. The van der Waals surface area contributed by atoms with Crippen molar-refractivity contribution in [3.63, 3.8) is 0 Å². The van der Waals surface area contributed by atoms with Crippen molar-refractivity contribution in [2.45, 2.75) is 18.9 Å². The molecule has 9 heteroatoms. The van der Waals surface area contributed by atoms with Crippen molar-refractivity contribution < 1.29 is 4.74 Å². The Morgan fingerprint density at radius 3 is 2.81 bits per heavy atom. The molecule has 0 radical (unpaired) electrons. The molecule has 6 rings (SSSR count). The number of nitrogens with one attached hydrogen (secondary N) is 1. The number of aliphatic imine (C=N–C) groups is 2. The van der Waals surface area contributed by atoms with E-state index >= 15 is 0 Å². The molecule has 2 aromatic heterocycles. The van der Waals surface area contributed by atoms with Crippen molar-refractivity contribution in [2.24, 2.45) is 23.0 Å². The fourth-order valence-electron chi connectivity index (χ4n) is 4.75. The Labute approximate surface area is 214 Å². The average Bonchev–Trinajstić information content (AvgIpc) is 3.57. The smallest absolute Gasteiger partial charge is 0.222 e. The minimum atomic E-state index is 0.112. The van der Waals surface area contributed by atoms with Gasteiger partial charge in [-0.1, -0.05) is 18.2 Å². The van der Waals surface area contributed by atoms with E-state index in [4.69, 9.17) is 14.7 Å². The van der Waals surface area contributed by atoms with Gasteiger partial charge in [0.25, 0.3) is 0 Å². The van der Waals surface area contributed by atoms with Gasteiger partial charge in [0.2, 0.25) is 5.96 Å². The van der Waals surface area contributed by atoms with Gasteiger partial charge in [-0.15, -0.1) is 11.3 Å². The Hall–Kier alpha value is -3.56. The summed E-state index contributed by atoms with van der Waals surface area (Å²) in [5.74, 6) is 1.60. The number of thiazole rings is 1. The van der Waals surface area contributed by atoms with Crippen LogP contribution in [0, 0.1) is 5.92 Å². The first kappa shape index (κ1) is 22.9. The van der Waals surface area contributed by atoms with Crippen LogP contribution in [0.5, 0.6) is 0 Å². The summed E-state index contributed by atoms with van der Waals surface area (Å²) < 4.78 is 8.38. The number of nitrogens with zero attached hydrogens (tertiary/aromatic N) is 6. The highest BCUT2D eigenvalue weighted by Crippen LogP contribution is 2.35. The lowest BCUT2D eigenvalue weighted by atomic mass is 9.92. The van der Waals surface area contributed by atoms with Crippen LogP contribution in [-0.4, -0.2) is 64.1 Å². The van der Waals surface area contributed by atoms with Gasteiger partial charge in [0, 0.05) is 66.7 Å². The van der Waals surface area contributed by atoms with Gasteiger partial charge in [-0.05, 0) is 37.6 Å². The molecule has 1 fully saturated rings. The van der Waals surface area contributed by atoms with Crippen molar-refractivity contribution in [3.8, 4) is 11.1 Å². The summed E-state index contributed by atoms with van der Waals surface area (Å²) in [5, 5.41) is 10.7. The highest BCUT2D eigenvalue weighted by molar-refractivity contribution is 7.10. The zero-order valence-electron chi connectivity index (χ0n) is 20.5. The Morgan fingerprint density at radius 1 is 1.14 bits per heavy atom. The number of aryl methyl sites for hydroxylation is 1. The van der Waals surface area contributed by atoms with Crippen LogP contribution in [0.4, 0.5) is 5.69 Å². The number of anilines is 1. The maximum absolute atomic E-state index is 6.57. The summed E-state index contributed by atoms with van der Waals surface area (Å²) >= 11 is 1.64. The number of allylic oxidation sites excluding steroid dienone is 2. The number of benzene rings is 1. The summed E-state index contributed by atoms with van der Waals surface area (Å²) in [6.45, 7) is 2.74. The second-order valence-electron chi connectivity index (χ2n) is 9.46. The molecule has 1 atom stereocenters. The van der Waals surface area contributed by atoms with Gasteiger partial charge in [0.15, 0.2) is 0 Å². The Kier molecular flexibility index (Phi) is 6.25. The number of fused-ring (bicyclic) bond motifs is 1. The highest BCUT2D eigenvalue weighted by Gasteiger charge is 2.29. The molecule has 4 heterocycles. The maximum atomic E-state index is 6.57. The normalized spacial score (nSPS) is 20.7. The molecule has 3 aliphatic rings. The first-order valence-electron chi connectivity index (χ1n) is 12.3. The third-order valence-corrected chi connectivity index (χ3v) is 7.55. The van der Waals surface area contributed by atoms with E-state index in [2.05, 4.69) is 51.6 Å². The first-order chi connectivity index (χ1) is 17.6. The topological polar surface area (TPSA) is 79.9 Å². The molecule has 0 bridgehead atoms. The fraction of sp³-hybridized carbons (Fsp3) is 0.333. The van der Waals surface area contributed by atoms with Gasteiger partial charge in [0.1, 0.15) is 16.9 Å². The number of hydrogen-bond donors (Lipinski definition) is 1. The van der Waals surface area contributed by atoms with E-state index in [1.165, 1.54) is 0 Å². The lowest BCUT2D eigenvalue weighted by molar-refractivity contribution is 0.0658. The summed E-state index contributed by atoms with van der Waals surface area (Å²) in [4.78, 5) is 16.6. The molecular formula is C27H29N7OS. The van der Waals surface area contributed by atoms with Crippen LogP contribution in [0.3, 0.4) is 0 Å². The predicted molar refractivity (Wildman–Crippen MR) is 145 cm³/mol. The number of guanidine groups is 1. The van der Waals surface area contributed by atoms with E-state index in [1.807, 2.05) is 43.2 Å². The van der Waals surface area contributed by atoms with E-state index in [-0.39, 0.29) is 12.0 Å². The SMILES string of the molecule is CN1CCC(OC2=CC3=NC(Nc4cccc(-c5cnn(C)c5)c4)=NCC3C=C2c2nccs2)CC1. The number of rotatable bonds is 5. The number of aromatic nitrogens is 3. The fourth-order valence-corrected chi connectivity index (χ4v) is 5.42. The van der Waals surface area contributed by atoms with E-state index in [1.54, 1.807) is 16.0 Å². The molecule has 0 saturated carbocycles. The van der Waals surface area contributed by atoms with Crippen LogP contribution >= 0.6 is 11.3 Å². The molecule has 8 nitrogen and oxygen atoms in total. The summed E-state index contributed by atoms with van der Waals surface area (Å²) in [6, 6.07) is 8.23. The van der Waals surface area contributed by atoms with Gasteiger partial charge >= 0.3 is 0 Å². The third kappa shape index (κ3) is 4.89. The molecule has 36 heavy (non-hydrogen) atoms. The van der Waals surface area contributed by atoms with E-state index in [9.17, 15) is 0 Å². The van der Waals surface area contributed by atoms with Gasteiger partial charge in [0.05, 0.1) is 18.5 Å². The predicted octanol–water partition coefficient (Wildman–Crippen LogP) is 4.47. The number of piperidine rings is 1. The van der Waals surface area contributed by atoms with Crippen LogP contribution in [0.1, 0.15) is 17.8 Å². The van der Waals surface area contributed by atoms with Crippen LogP contribution in [0.2, 0.25) is 0 Å². The number of likely N-dealkylation sites (tertiary alicyclic amines) is 1. The molecular weight excluding hydrogens is 470 g/mol. The minimum absolute atomic E-state index is 0.112. The standard InChI is InChI=1S/C27H29N7OS/c1-33-9-6-22(7-10-33)35-25-14-24-19(13-23(25)26-28-8-11-36-26)15-29-27(32-24)31-21-5-3-4-18(12-21)20-16-30-34(2)17-20/h3-5,8,11-14,16-17,19,22H,6-7,9-10,15H2,1-2H3,(H,29,31). The largest absolute Gasteiger partial charge is 0.490 e. The minimum Gasteiger partial charge on any atom is -0.490 e. The van der Waals surface area contributed by atoms with Crippen LogP contribution in [0.25, 0.3) is 16.7 Å². The molecule has 0 spiro atoms. The van der Waals surface area contributed by atoms with Crippen LogP contribution in [-0.2, 0) is 11.8 Å². The maximum Gasteiger partial charge on any atom is 0.222 e. The van der Waals surface area contributed by atoms with E-state index in [0.717, 1.165) is 64.8 Å². The molecule has 1 saturated heterocycles. The van der Waals surface area contributed by atoms with Crippen molar-refractivity contribution in [1.29, 1.82) is 0 Å². The van der Waals surface area contributed by atoms with Gasteiger partial charge < -0.3 is 15.0 Å². The van der Waals surface area contributed by atoms with Crippen molar-refractivity contribution in [2.75, 3.05) is 32.0 Å². The Bertz CT molecular complexity index is 1360. The van der Waals surface area contributed by atoms with Crippen LogP contribution < -0.4 is 5.32 Å². The molecule has 1 aliphatic carbocycles. The zero-order valence-corrected chi connectivity index (χ0v) is 21.3.